The Bertz CT molecular complexity index is 382. The summed E-state index contributed by atoms with van der Waals surface area (Å²) in [6.45, 7) is 1.03. The first kappa shape index (κ1) is 14.0. The zero-order valence-electron chi connectivity index (χ0n) is 9.96. The summed E-state index contributed by atoms with van der Waals surface area (Å²) in [5, 5.41) is 3.07. The van der Waals surface area contributed by atoms with E-state index in [4.69, 9.17) is 4.74 Å². The molecule has 0 unspecified atom stereocenters. The summed E-state index contributed by atoms with van der Waals surface area (Å²) < 4.78 is 11.0. The highest BCUT2D eigenvalue weighted by Crippen LogP contribution is 2.29. The summed E-state index contributed by atoms with van der Waals surface area (Å²) in [5.41, 5.74) is 1.05. The molecule has 1 N–H and O–H groups in total. The van der Waals surface area contributed by atoms with Crippen LogP contribution in [0.1, 0.15) is 12.0 Å². The highest BCUT2D eigenvalue weighted by atomic mass is 79.9. The smallest absolute Gasteiger partial charge is 0.308 e. The van der Waals surface area contributed by atoms with Gasteiger partial charge in [-0.2, -0.15) is 0 Å². The third-order valence-electron chi connectivity index (χ3n) is 2.20. The number of esters is 1. The maximum Gasteiger partial charge on any atom is 0.308 e. The van der Waals surface area contributed by atoms with Gasteiger partial charge in [-0.05, 0) is 29.0 Å². The summed E-state index contributed by atoms with van der Waals surface area (Å²) in [6, 6.07) is 5.84. The minimum Gasteiger partial charge on any atom is -0.491 e. The van der Waals surface area contributed by atoms with Crippen molar-refractivity contribution >= 4 is 21.9 Å². The number of benzene rings is 1. The summed E-state index contributed by atoms with van der Waals surface area (Å²) in [6.07, 6.45) is 0.247. The minimum atomic E-state index is -0.271. The fraction of sp³-hybridized carbons (Fsp3) is 0.417. The lowest BCUT2D eigenvalue weighted by Crippen LogP contribution is -2.11. The molecule has 0 aliphatic carbocycles. The SMILES string of the molecule is CNCc1cccc(Br)c1OCCC(=O)OC. The first-order valence-corrected chi connectivity index (χ1v) is 6.10. The van der Waals surface area contributed by atoms with E-state index >= 15 is 0 Å². The molecule has 0 atom stereocenters. The molecule has 1 aromatic carbocycles. The molecule has 0 aliphatic rings. The molecular weight excluding hydrogens is 286 g/mol. The fourth-order valence-corrected chi connectivity index (χ4v) is 1.91. The van der Waals surface area contributed by atoms with E-state index in [2.05, 4.69) is 26.0 Å². The Labute approximate surface area is 109 Å². The Balaban J connectivity index is 2.65. The van der Waals surface area contributed by atoms with Gasteiger partial charge >= 0.3 is 5.97 Å². The van der Waals surface area contributed by atoms with E-state index in [-0.39, 0.29) is 12.4 Å². The number of carbonyl (C=O) groups is 1. The fourth-order valence-electron chi connectivity index (χ4n) is 1.38. The second kappa shape index (κ2) is 7.29. The monoisotopic (exact) mass is 301 g/mol. The second-order valence-corrected chi connectivity index (χ2v) is 4.29. The number of halogens is 1. The summed E-state index contributed by atoms with van der Waals surface area (Å²) >= 11 is 3.43. The molecule has 4 nitrogen and oxygen atoms in total. The van der Waals surface area contributed by atoms with Gasteiger partial charge in [0, 0.05) is 12.1 Å². The van der Waals surface area contributed by atoms with Crippen molar-refractivity contribution in [1.82, 2.24) is 5.32 Å². The first-order chi connectivity index (χ1) is 8.19. The molecule has 0 radical (unpaired) electrons. The maximum absolute atomic E-state index is 11.0. The van der Waals surface area contributed by atoms with Gasteiger partial charge in [-0.3, -0.25) is 4.79 Å². The molecule has 17 heavy (non-hydrogen) atoms. The van der Waals surface area contributed by atoms with Gasteiger partial charge in [-0.15, -0.1) is 0 Å². The van der Waals surface area contributed by atoms with Crippen LogP contribution in [0.25, 0.3) is 0 Å². The Morgan fingerprint density at radius 2 is 2.24 bits per heavy atom. The topological polar surface area (TPSA) is 47.6 Å². The number of ether oxygens (including phenoxy) is 2. The Hall–Kier alpha value is -1.07. The largest absolute Gasteiger partial charge is 0.491 e. The average Bonchev–Trinajstić information content (AvgIpc) is 2.32. The van der Waals surface area contributed by atoms with Gasteiger partial charge in [0.1, 0.15) is 5.75 Å². The van der Waals surface area contributed by atoms with Crippen molar-refractivity contribution in [2.75, 3.05) is 20.8 Å². The van der Waals surface area contributed by atoms with Crippen molar-refractivity contribution in [1.29, 1.82) is 0 Å². The molecular formula is C12H16BrNO3. The third-order valence-corrected chi connectivity index (χ3v) is 2.82. The highest BCUT2D eigenvalue weighted by molar-refractivity contribution is 9.10. The van der Waals surface area contributed by atoms with Crippen molar-refractivity contribution < 1.29 is 14.3 Å². The van der Waals surface area contributed by atoms with E-state index in [1.165, 1.54) is 7.11 Å². The predicted octanol–water partition coefficient (Wildman–Crippen LogP) is 2.11. The number of hydrogen-bond donors (Lipinski definition) is 1. The molecule has 0 spiro atoms. The molecule has 0 fully saturated rings. The van der Waals surface area contributed by atoms with Crippen LogP contribution in [0, 0.1) is 0 Å². The molecule has 1 rings (SSSR count). The second-order valence-electron chi connectivity index (χ2n) is 3.43. The lowest BCUT2D eigenvalue weighted by molar-refractivity contribution is -0.141. The summed E-state index contributed by atoms with van der Waals surface area (Å²) in [5.74, 6) is 0.498. The van der Waals surface area contributed by atoms with Crippen LogP contribution in [0.3, 0.4) is 0 Å². The number of carbonyl (C=O) groups excluding carboxylic acids is 1. The van der Waals surface area contributed by atoms with Gasteiger partial charge in [0.15, 0.2) is 0 Å². The molecule has 94 valence electrons. The zero-order chi connectivity index (χ0) is 12.7. The molecule has 0 aliphatic heterocycles. The zero-order valence-corrected chi connectivity index (χ0v) is 11.5. The van der Waals surface area contributed by atoms with Crippen molar-refractivity contribution in [2.45, 2.75) is 13.0 Å². The molecule has 0 bridgehead atoms. The van der Waals surface area contributed by atoms with E-state index < -0.39 is 0 Å². The van der Waals surface area contributed by atoms with Gasteiger partial charge in [0.05, 0.1) is 24.6 Å². The lowest BCUT2D eigenvalue weighted by Gasteiger charge is -2.12. The van der Waals surface area contributed by atoms with Crippen LogP contribution in [0.5, 0.6) is 5.75 Å². The molecule has 0 saturated heterocycles. The predicted molar refractivity (Wildman–Crippen MR) is 69.0 cm³/mol. The lowest BCUT2D eigenvalue weighted by atomic mass is 10.2. The van der Waals surface area contributed by atoms with Crippen LogP contribution < -0.4 is 10.1 Å². The number of methoxy groups -OCH3 is 1. The van der Waals surface area contributed by atoms with E-state index in [9.17, 15) is 4.79 Å². The van der Waals surface area contributed by atoms with E-state index in [0.717, 1.165) is 15.8 Å². The average molecular weight is 302 g/mol. The molecule has 1 aromatic rings. The Morgan fingerprint density at radius 3 is 2.88 bits per heavy atom. The van der Waals surface area contributed by atoms with Gasteiger partial charge in [-0.25, -0.2) is 0 Å². The summed E-state index contributed by atoms with van der Waals surface area (Å²) in [7, 11) is 3.24. The van der Waals surface area contributed by atoms with E-state index in [1.54, 1.807) is 0 Å². The van der Waals surface area contributed by atoms with Crippen LogP contribution >= 0.6 is 15.9 Å². The number of rotatable bonds is 6. The maximum atomic E-state index is 11.0. The molecule has 0 aromatic heterocycles. The van der Waals surface area contributed by atoms with Gasteiger partial charge < -0.3 is 14.8 Å². The van der Waals surface area contributed by atoms with Crippen LogP contribution in [-0.4, -0.2) is 26.7 Å². The first-order valence-electron chi connectivity index (χ1n) is 5.30. The van der Waals surface area contributed by atoms with Crippen molar-refractivity contribution in [3.63, 3.8) is 0 Å². The molecule has 5 heteroatoms. The normalized spacial score (nSPS) is 10.1. The highest BCUT2D eigenvalue weighted by Gasteiger charge is 2.08. The van der Waals surface area contributed by atoms with Crippen LogP contribution in [-0.2, 0) is 16.1 Å². The van der Waals surface area contributed by atoms with E-state index in [0.29, 0.717) is 13.2 Å². The molecule has 0 heterocycles. The molecule has 0 amide bonds. The van der Waals surface area contributed by atoms with Gasteiger partial charge in [-0.1, -0.05) is 12.1 Å². The van der Waals surface area contributed by atoms with Gasteiger partial charge in [0.25, 0.3) is 0 Å². The standard InChI is InChI=1S/C12H16BrNO3/c1-14-8-9-4-3-5-10(13)12(9)17-7-6-11(15)16-2/h3-5,14H,6-8H2,1-2H3. The summed E-state index contributed by atoms with van der Waals surface area (Å²) in [4.78, 5) is 11.0. The van der Waals surface area contributed by atoms with Crippen LogP contribution in [0.15, 0.2) is 22.7 Å². The molecule has 0 saturated carbocycles. The van der Waals surface area contributed by atoms with E-state index in [1.807, 2.05) is 25.2 Å². The Kier molecular flexibility index (Phi) is 6.00. The quantitative estimate of drug-likeness (QED) is 0.818. The number of hydrogen-bond acceptors (Lipinski definition) is 4. The number of nitrogens with one attached hydrogen (secondary N) is 1. The van der Waals surface area contributed by atoms with Gasteiger partial charge in [0.2, 0.25) is 0 Å². The number of para-hydroxylation sites is 1. The minimum absolute atomic E-state index is 0.247. The van der Waals surface area contributed by atoms with Crippen molar-refractivity contribution in [2.24, 2.45) is 0 Å². The van der Waals surface area contributed by atoms with Crippen LogP contribution in [0.4, 0.5) is 0 Å². The van der Waals surface area contributed by atoms with Crippen molar-refractivity contribution in [3.05, 3.63) is 28.2 Å². The van der Waals surface area contributed by atoms with Crippen molar-refractivity contribution in [3.8, 4) is 5.75 Å². The van der Waals surface area contributed by atoms with Crippen LogP contribution in [0.2, 0.25) is 0 Å². The third kappa shape index (κ3) is 4.36. The Morgan fingerprint density at radius 1 is 1.47 bits per heavy atom.